The Bertz CT molecular complexity index is 864. The lowest BCUT2D eigenvalue weighted by Gasteiger charge is -2.35. The molecule has 4 rings (SSSR count). The van der Waals surface area contributed by atoms with Crippen molar-refractivity contribution < 1.29 is 9.21 Å². The van der Waals surface area contributed by atoms with Crippen molar-refractivity contribution in [2.75, 3.05) is 44.2 Å². The Morgan fingerprint density at radius 2 is 1.79 bits per heavy atom. The first-order chi connectivity index (χ1) is 14.1. The number of aryl methyl sites for hydroxylation is 2. The molecule has 0 spiro atoms. The largest absolute Gasteiger partial charge is 0.456 e. The van der Waals surface area contributed by atoms with Gasteiger partial charge in [-0.15, -0.1) is 0 Å². The van der Waals surface area contributed by atoms with E-state index < -0.39 is 0 Å². The number of amides is 1. The molecule has 2 aliphatic heterocycles. The lowest BCUT2D eigenvalue weighted by molar-refractivity contribution is 0.0712. The van der Waals surface area contributed by atoms with Crippen LogP contribution in [0.1, 0.15) is 52.9 Å². The summed E-state index contributed by atoms with van der Waals surface area (Å²) in [6, 6.07) is 1.98. The van der Waals surface area contributed by atoms with Gasteiger partial charge in [0.25, 0.3) is 5.91 Å². The summed E-state index contributed by atoms with van der Waals surface area (Å²) in [5.41, 5.74) is 3.28. The Hall–Kier alpha value is -2.41. The van der Waals surface area contributed by atoms with E-state index in [4.69, 9.17) is 4.42 Å². The number of piperazine rings is 1. The normalized spacial score (nSPS) is 17.9. The minimum absolute atomic E-state index is 0.00242. The molecule has 2 aliphatic rings. The first-order valence-corrected chi connectivity index (χ1v) is 10.7. The maximum absolute atomic E-state index is 13.1. The van der Waals surface area contributed by atoms with Gasteiger partial charge in [0, 0.05) is 56.0 Å². The monoisotopic (exact) mass is 397 g/mol. The highest BCUT2D eigenvalue weighted by atomic mass is 16.4. The predicted octanol–water partition coefficient (Wildman–Crippen LogP) is 2.81. The van der Waals surface area contributed by atoms with Crippen molar-refractivity contribution in [3.05, 3.63) is 40.7 Å². The number of aromatic nitrogens is 2. The van der Waals surface area contributed by atoms with Gasteiger partial charge in [-0.05, 0) is 45.8 Å². The lowest BCUT2D eigenvalue weighted by Crippen LogP contribution is -2.49. The minimum Gasteiger partial charge on any atom is -0.456 e. The highest BCUT2D eigenvalue weighted by molar-refractivity contribution is 5.92. The Morgan fingerprint density at radius 3 is 2.48 bits per heavy atom. The fraction of sp³-hybridized carbons (Fsp3) is 0.591. The first kappa shape index (κ1) is 19.9. The first-order valence-electron chi connectivity index (χ1n) is 10.7. The van der Waals surface area contributed by atoms with Crippen LogP contribution in [0.15, 0.2) is 16.8 Å². The standard InChI is InChI=1S/C22H31N5O2/c1-4-19-18(14-25-7-5-6-8-25)13-20(29-19)22(28)27-11-9-26(10-12-27)21-16(2)17(3)23-15-24-21/h13,15H,4-12,14H2,1-3H3. The molecule has 7 nitrogen and oxygen atoms in total. The maximum Gasteiger partial charge on any atom is 0.289 e. The van der Waals surface area contributed by atoms with Crippen molar-refractivity contribution in [3.63, 3.8) is 0 Å². The summed E-state index contributed by atoms with van der Waals surface area (Å²) in [7, 11) is 0. The Balaban J connectivity index is 1.41. The number of carbonyl (C=O) groups excluding carboxylic acids is 1. The average molecular weight is 398 g/mol. The van der Waals surface area contributed by atoms with Crippen molar-refractivity contribution in [3.8, 4) is 0 Å². The quantitative estimate of drug-likeness (QED) is 0.773. The minimum atomic E-state index is 0.00242. The second-order valence-electron chi connectivity index (χ2n) is 8.08. The van der Waals surface area contributed by atoms with E-state index in [0.717, 1.165) is 62.0 Å². The summed E-state index contributed by atoms with van der Waals surface area (Å²) in [4.78, 5) is 28.4. The van der Waals surface area contributed by atoms with Crippen LogP contribution in [-0.4, -0.2) is 64.9 Å². The molecule has 0 unspecified atom stereocenters. The number of likely N-dealkylation sites (tertiary alicyclic amines) is 1. The van der Waals surface area contributed by atoms with Crippen LogP contribution >= 0.6 is 0 Å². The summed E-state index contributed by atoms with van der Waals surface area (Å²) >= 11 is 0. The maximum atomic E-state index is 13.1. The topological polar surface area (TPSA) is 65.7 Å². The van der Waals surface area contributed by atoms with E-state index in [1.54, 1.807) is 6.33 Å². The third kappa shape index (κ3) is 4.15. The van der Waals surface area contributed by atoms with Gasteiger partial charge in [-0.25, -0.2) is 9.97 Å². The summed E-state index contributed by atoms with van der Waals surface area (Å²) in [6.45, 7) is 12.2. The molecule has 0 bridgehead atoms. The molecule has 2 saturated heterocycles. The Labute approximate surface area is 172 Å². The SMILES string of the molecule is CCc1oc(C(=O)N2CCN(c3ncnc(C)c3C)CC2)cc1CN1CCCC1. The zero-order valence-electron chi connectivity index (χ0n) is 17.8. The number of hydrogen-bond donors (Lipinski definition) is 0. The van der Waals surface area contributed by atoms with E-state index in [2.05, 4.69) is 33.6 Å². The molecule has 0 saturated carbocycles. The summed E-state index contributed by atoms with van der Waals surface area (Å²) in [5.74, 6) is 2.41. The van der Waals surface area contributed by atoms with Gasteiger partial charge in [0.15, 0.2) is 5.76 Å². The van der Waals surface area contributed by atoms with E-state index >= 15 is 0 Å². The third-order valence-corrected chi connectivity index (χ3v) is 6.20. The molecule has 1 amide bonds. The van der Waals surface area contributed by atoms with Crippen molar-refractivity contribution >= 4 is 11.7 Å². The van der Waals surface area contributed by atoms with Crippen molar-refractivity contribution in [2.45, 2.75) is 46.6 Å². The van der Waals surface area contributed by atoms with Crippen molar-refractivity contribution in [1.29, 1.82) is 0 Å². The molecule has 7 heteroatoms. The second kappa shape index (κ2) is 8.53. The van der Waals surface area contributed by atoms with Crippen LogP contribution in [-0.2, 0) is 13.0 Å². The smallest absolute Gasteiger partial charge is 0.289 e. The Kier molecular flexibility index (Phi) is 5.85. The van der Waals surface area contributed by atoms with Gasteiger partial charge in [0.1, 0.15) is 17.9 Å². The number of furan rings is 1. The number of anilines is 1. The van der Waals surface area contributed by atoms with E-state index in [9.17, 15) is 4.79 Å². The van der Waals surface area contributed by atoms with Crippen LogP contribution in [0.3, 0.4) is 0 Å². The third-order valence-electron chi connectivity index (χ3n) is 6.20. The molecule has 2 aromatic heterocycles. The van der Waals surface area contributed by atoms with Gasteiger partial charge in [0.05, 0.1) is 0 Å². The van der Waals surface area contributed by atoms with Gasteiger partial charge < -0.3 is 14.2 Å². The molecule has 156 valence electrons. The highest BCUT2D eigenvalue weighted by Gasteiger charge is 2.27. The molecular formula is C22H31N5O2. The van der Waals surface area contributed by atoms with Crippen LogP contribution < -0.4 is 4.90 Å². The molecule has 2 fully saturated rings. The highest BCUT2D eigenvalue weighted by Crippen LogP contribution is 2.24. The van der Waals surface area contributed by atoms with Crippen LogP contribution in [0.2, 0.25) is 0 Å². The molecule has 0 N–H and O–H groups in total. The fourth-order valence-corrected chi connectivity index (χ4v) is 4.31. The van der Waals surface area contributed by atoms with Crippen LogP contribution in [0, 0.1) is 13.8 Å². The van der Waals surface area contributed by atoms with E-state index in [1.165, 1.54) is 18.4 Å². The zero-order chi connectivity index (χ0) is 20.4. The van der Waals surface area contributed by atoms with Gasteiger partial charge in [-0.1, -0.05) is 6.92 Å². The molecule has 4 heterocycles. The summed E-state index contributed by atoms with van der Waals surface area (Å²) in [5, 5.41) is 0. The van der Waals surface area contributed by atoms with Gasteiger partial charge in [0.2, 0.25) is 0 Å². The number of nitrogens with zero attached hydrogens (tertiary/aromatic N) is 5. The van der Waals surface area contributed by atoms with E-state index in [-0.39, 0.29) is 5.91 Å². The lowest BCUT2D eigenvalue weighted by atomic mass is 10.2. The summed E-state index contributed by atoms with van der Waals surface area (Å²) < 4.78 is 5.98. The summed E-state index contributed by atoms with van der Waals surface area (Å²) in [6.07, 6.45) is 4.96. The molecule has 29 heavy (non-hydrogen) atoms. The second-order valence-corrected chi connectivity index (χ2v) is 8.08. The van der Waals surface area contributed by atoms with Crippen molar-refractivity contribution in [1.82, 2.24) is 19.8 Å². The van der Waals surface area contributed by atoms with E-state index in [0.29, 0.717) is 18.8 Å². The predicted molar refractivity (Wildman–Crippen MR) is 112 cm³/mol. The fourth-order valence-electron chi connectivity index (χ4n) is 4.31. The zero-order valence-corrected chi connectivity index (χ0v) is 17.8. The van der Waals surface area contributed by atoms with Crippen LogP contribution in [0.25, 0.3) is 0 Å². The number of carbonyl (C=O) groups is 1. The van der Waals surface area contributed by atoms with Crippen LogP contribution in [0.4, 0.5) is 5.82 Å². The molecule has 0 aliphatic carbocycles. The Morgan fingerprint density at radius 1 is 1.07 bits per heavy atom. The van der Waals surface area contributed by atoms with Crippen molar-refractivity contribution in [2.24, 2.45) is 0 Å². The average Bonchev–Trinajstić information content (AvgIpc) is 3.40. The number of rotatable bonds is 5. The molecular weight excluding hydrogens is 366 g/mol. The van der Waals surface area contributed by atoms with Crippen LogP contribution in [0.5, 0.6) is 0 Å². The molecule has 0 radical (unpaired) electrons. The van der Waals surface area contributed by atoms with Gasteiger partial charge in [-0.2, -0.15) is 0 Å². The molecule has 2 aromatic rings. The number of hydrogen-bond acceptors (Lipinski definition) is 6. The van der Waals surface area contributed by atoms with Gasteiger partial charge in [-0.3, -0.25) is 9.69 Å². The van der Waals surface area contributed by atoms with E-state index in [1.807, 2.05) is 17.9 Å². The van der Waals surface area contributed by atoms with Gasteiger partial charge >= 0.3 is 0 Å². The molecule has 0 aromatic carbocycles. The molecule has 0 atom stereocenters.